The molecule has 13 heavy (non-hydrogen) atoms. The van der Waals surface area contributed by atoms with E-state index in [4.69, 9.17) is 4.74 Å². The number of hydrogen-bond acceptors (Lipinski definition) is 2. The Balaban J connectivity index is 0.000000671. The first-order chi connectivity index (χ1) is 6.38. The van der Waals surface area contributed by atoms with Gasteiger partial charge in [0.1, 0.15) is 5.75 Å². The van der Waals surface area contributed by atoms with Crippen LogP contribution in [0.15, 0.2) is 29.3 Å². The molecule has 0 spiro atoms. The predicted molar refractivity (Wildman–Crippen MR) is 57.9 cm³/mol. The zero-order chi connectivity index (χ0) is 10.1. The third-order valence-electron chi connectivity index (χ3n) is 1.41. The highest BCUT2D eigenvalue weighted by molar-refractivity contribution is 5.83. The summed E-state index contributed by atoms with van der Waals surface area (Å²) in [4.78, 5) is 3.91. The Labute approximate surface area is 80.3 Å². The van der Waals surface area contributed by atoms with Gasteiger partial charge >= 0.3 is 0 Å². The van der Waals surface area contributed by atoms with E-state index in [9.17, 15) is 0 Å². The summed E-state index contributed by atoms with van der Waals surface area (Å²) in [6.45, 7) is 4.00. The number of hydrogen-bond donors (Lipinski definition) is 0. The second-order valence-corrected chi connectivity index (χ2v) is 2.13. The van der Waals surface area contributed by atoms with Crippen LogP contribution >= 0.6 is 0 Å². The van der Waals surface area contributed by atoms with Crippen molar-refractivity contribution in [2.75, 3.05) is 14.2 Å². The normalized spacial score (nSPS) is 9.23. The van der Waals surface area contributed by atoms with E-state index < -0.39 is 0 Å². The Morgan fingerprint density at radius 1 is 1.23 bits per heavy atom. The SMILES string of the molecule is CC.CN=Cc1ccccc1OC. The third kappa shape index (κ3) is 3.74. The number of para-hydroxylation sites is 1. The standard InChI is InChI=1S/C9H11NO.C2H6/c1-10-7-8-5-3-4-6-9(8)11-2;1-2/h3-7H,1-2H3;1-2H3. The Morgan fingerprint density at radius 2 is 1.85 bits per heavy atom. The van der Waals surface area contributed by atoms with Crippen molar-refractivity contribution >= 4 is 6.21 Å². The minimum absolute atomic E-state index is 0.859. The zero-order valence-electron chi connectivity index (χ0n) is 8.74. The molecule has 2 heteroatoms. The van der Waals surface area contributed by atoms with Crippen LogP contribution in [0.25, 0.3) is 0 Å². The molecule has 1 aromatic carbocycles. The number of benzene rings is 1. The van der Waals surface area contributed by atoms with E-state index in [1.54, 1.807) is 20.4 Å². The van der Waals surface area contributed by atoms with Crippen molar-refractivity contribution in [3.05, 3.63) is 29.8 Å². The van der Waals surface area contributed by atoms with Crippen molar-refractivity contribution in [2.45, 2.75) is 13.8 Å². The van der Waals surface area contributed by atoms with Gasteiger partial charge in [0, 0.05) is 18.8 Å². The highest BCUT2D eigenvalue weighted by Crippen LogP contribution is 2.14. The van der Waals surface area contributed by atoms with Crippen LogP contribution in [-0.2, 0) is 0 Å². The van der Waals surface area contributed by atoms with Gasteiger partial charge < -0.3 is 4.74 Å². The quantitative estimate of drug-likeness (QED) is 0.640. The first-order valence-electron chi connectivity index (χ1n) is 4.43. The first-order valence-corrected chi connectivity index (χ1v) is 4.43. The molecule has 0 aromatic heterocycles. The lowest BCUT2D eigenvalue weighted by atomic mass is 10.2. The van der Waals surface area contributed by atoms with E-state index in [0.29, 0.717) is 0 Å². The molecule has 0 fully saturated rings. The van der Waals surface area contributed by atoms with Crippen molar-refractivity contribution in [1.82, 2.24) is 0 Å². The van der Waals surface area contributed by atoms with E-state index >= 15 is 0 Å². The lowest BCUT2D eigenvalue weighted by Crippen LogP contribution is -1.89. The summed E-state index contributed by atoms with van der Waals surface area (Å²) >= 11 is 0. The van der Waals surface area contributed by atoms with E-state index in [-0.39, 0.29) is 0 Å². The number of aliphatic imine (C=N–C) groups is 1. The van der Waals surface area contributed by atoms with Gasteiger partial charge in [0.2, 0.25) is 0 Å². The number of ether oxygens (including phenoxy) is 1. The molecule has 0 saturated heterocycles. The van der Waals surface area contributed by atoms with Crippen molar-refractivity contribution < 1.29 is 4.74 Å². The minimum atomic E-state index is 0.859. The fourth-order valence-electron chi connectivity index (χ4n) is 0.912. The Bertz CT molecular complexity index is 256. The molecular formula is C11H17NO. The minimum Gasteiger partial charge on any atom is -0.496 e. The second-order valence-electron chi connectivity index (χ2n) is 2.13. The van der Waals surface area contributed by atoms with Crippen LogP contribution < -0.4 is 4.74 Å². The predicted octanol–water partition coefficient (Wildman–Crippen LogP) is 2.77. The molecule has 0 bridgehead atoms. The molecular weight excluding hydrogens is 162 g/mol. The van der Waals surface area contributed by atoms with Crippen LogP contribution in [0.2, 0.25) is 0 Å². The van der Waals surface area contributed by atoms with Gasteiger partial charge in [-0.05, 0) is 12.1 Å². The van der Waals surface area contributed by atoms with Gasteiger partial charge in [0.15, 0.2) is 0 Å². The van der Waals surface area contributed by atoms with E-state index in [1.165, 1.54) is 0 Å². The summed E-state index contributed by atoms with van der Waals surface area (Å²) in [5.74, 6) is 0.859. The lowest BCUT2D eigenvalue weighted by Gasteiger charge is -2.01. The Hall–Kier alpha value is -1.31. The van der Waals surface area contributed by atoms with Gasteiger partial charge in [-0.1, -0.05) is 26.0 Å². The molecule has 72 valence electrons. The van der Waals surface area contributed by atoms with Crippen molar-refractivity contribution in [3.8, 4) is 5.75 Å². The number of rotatable bonds is 2. The summed E-state index contributed by atoms with van der Waals surface area (Å²) in [5.41, 5.74) is 1.01. The first kappa shape index (κ1) is 11.7. The molecule has 1 rings (SSSR count). The highest BCUT2D eigenvalue weighted by atomic mass is 16.5. The van der Waals surface area contributed by atoms with Gasteiger partial charge in [0.25, 0.3) is 0 Å². The van der Waals surface area contributed by atoms with Gasteiger partial charge in [-0.2, -0.15) is 0 Å². The van der Waals surface area contributed by atoms with Crippen LogP contribution in [-0.4, -0.2) is 20.4 Å². The number of methoxy groups -OCH3 is 1. The molecule has 0 amide bonds. The second kappa shape index (κ2) is 7.35. The molecule has 0 unspecified atom stereocenters. The molecule has 1 aromatic rings. The summed E-state index contributed by atoms with van der Waals surface area (Å²) in [5, 5.41) is 0. The maximum atomic E-state index is 5.11. The fourth-order valence-corrected chi connectivity index (χ4v) is 0.912. The average Bonchev–Trinajstić information content (AvgIpc) is 2.22. The largest absolute Gasteiger partial charge is 0.496 e. The summed E-state index contributed by atoms with van der Waals surface area (Å²) in [6.07, 6.45) is 1.78. The van der Waals surface area contributed by atoms with Crippen molar-refractivity contribution in [3.63, 3.8) is 0 Å². The number of nitrogens with zero attached hydrogens (tertiary/aromatic N) is 1. The Kier molecular flexibility index (Phi) is 6.60. The summed E-state index contributed by atoms with van der Waals surface area (Å²) in [7, 11) is 3.40. The van der Waals surface area contributed by atoms with Gasteiger partial charge in [0.05, 0.1) is 7.11 Å². The average molecular weight is 179 g/mol. The smallest absolute Gasteiger partial charge is 0.127 e. The maximum Gasteiger partial charge on any atom is 0.127 e. The summed E-state index contributed by atoms with van der Waals surface area (Å²) < 4.78 is 5.11. The molecule has 0 atom stereocenters. The fraction of sp³-hybridized carbons (Fsp3) is 0.364. The molecule has 0 aliphatic heterocycles. The highest BCUT2D eigenvalue weighted by Gasteiger charge is 1.95. The van der Waals surface area contributed by atoms with E-state index in [1.807, 2.05) is 38.1 Å². The van der Waals surface area contributed by atoms with Crippen molar-refractivity contribution in [2.24, 2.45) is 4.99 Å². The molecule has 0 heterocycles. The zero-order valence-corrected chi connectivity index (χ0v) is 8.74. The Morgan fingerprint density at radius 3 is 2.38 bits per heavy atom. The van der Waals surface area contributed by atoms with Gasteiger partial charge in [-0.25, -0.2) is 0 Å². The summed E-state index contributed by atoms with van der Waals surface area (Å²) in [6, 6.07) is 7.77. The topological polar surface area (TPSA) is 21.6 Å². The molecule has 0 saturated carbocycles. The molecule has 2 nitrogen and oxygen atoms in total. The molecule has 0 radical (unpaired) electrons. The van der Waals surface area contributed by atoms with Crippen LogP contribution in [0.3, 0.4) is 0 Å². The van der Waals surface area contributed by atoms with E-state index in [0.717, 1.165) is 11.3 Å². The maximum absolute atomic E-state index is 5.11. The van der Waals surface area contributed by atoms with Crippen LogP contribution in [0.5, 0.6) is 5.75 Å². The monoisotopic (exact) mass is 179 g/mol. The van der Waals surface area contributed by atoms with Crippen molar-refractivity contribution in [1.29, 1.82) is 0 Å². The molecule has 0 aliphatic rings. The lowest BCUT2D eigenvalue weighted by molar-refractivity contribution is 0.414. The molecule has 0 aliphatic carbocycles. The third-order valence-corrected chi connectivity index (χ3v) is 1.41. The van der Waals surface area contributed by atoms with Crippen LogP contribution in [0, 0.1) is 0 Å². The van der Waals surface area contributed by atoms with Gasteiger partial charge in [-0.3, -0.25) is 4.99 Å². The van der Waals surface area contributed by atoms with Crippen LogP contribution in [0.4, 0.5) is 0 Å². The van der Waals surface area contributed by atoms with E-state index in [2.05, 4.69) is 4.99 Å². The molecule has 0 N–H and O–H groups in total. The van der Waals surface area contributed by atoms with Gasteiger partial charge in [-0.15, -0.1) is 0 Å². The van der Waals surface area contributed by atoms with Crippen LogP contribution in [0.1, 0.15) is 19.4 Å².